The van der Waals surface area contributed by atoms with E-state index in [-0.39, 0.29) is 6.03 Å². The van der Waals surface area contributed by atoms with Gasteiger partial charge in [0.05, 0.1) is 0 Å². The van der Waals surface area contributed by atoms with Crippen molar-refractivity contribution in [2.45, 2.75) is 6.92 Å². The number of nitrogens with zero attached hydrogens (tertiary/aromatic N) is 4. The summed E-state index contributed by atoms with van der Waals surface area (Å²) in [6.45, 7) is 1.97. The molecule has 2 amide bonds. The van der Waals surface area contributed by atoms with E-state index in [2.05, 4.69) is 25.7 Å². The maximum atomic E-state index is 12.1. The van der Waals surface area contributed by atoms with Crippen LogP contribution in [0.3, 0.4) is 0 Å². The predicted octanol–water partition coefficient (Wildman–Crippen LogP) is 4.41. The Kier molecular flexibility index (Phi) is 5.15. The summed E-state index contributed by atoms with van der Waals surface area (Å²) in [5.74, 6) is 1.58. The Morgan fingerprint density at radius 3 is 2.55 bits per heavy atom. The second kappa shape index (κ2) is 8.22. The minimum absolute atomic E-state index is 0.316. The highest BCUT2D eigenvalue weighted by atomic mass is 16.5. The Labute approximate surface area is 167 Å². The second-order valence-electron chi connectivity index (χ2n) is 6.24. The normalized spacial score (nSPS) is 10.4. The van der Waals surface area contributed by atoms with Crippen molar-refractivity contribution in [1.82, 2.24) is 19.7 Å². The van der Waals surface area contributed by atoms with Crippen molar-refractivity contribution >= 4 is 17.4 Å². The number of aromatic nitrogens is 4. The molecule has 0 radical (unpaired) electrons. The quantitative estimate of drug-likeness (QED) is 0.530. The maximum absolute atomic E-state index is 12.1. The molecule has 4 aromatic rings. The standard InChI is InChI=1S/C21H18N6O2/c1-15-4-2-5-17(12-15)26-21(28)25-16-6-8-18(9-7-16)29-20-13-19(22-14-23-20)27-11-3-10-24-27/h2-14H,1H3,(H2,25,26,28). The van der Waals surface area contributed by atoms with Gasteiger partial charge in [-0.3, -0.25) is 0 Å². The second-order valence-corrected chi connectivity index (χ2v) is 6.24. The number of amides is 2. The molecule has 2 N–H and O–H groups in total. The number of aryl methyl sites for hydroxylation is 1. The summed E-state index contributed by atoms with van der Waals surface area (Å²) in [5.41, 5.74) is 2.45. The van der Waals surface area contributed by atoms with Gasteiger partial charge in [0.1, 0.15) is 12.1 Å². The van der Waals surface area contributed by atoms with Crippen molar-refractivity contribution in [1.29, 1.82) is 0 Å². The number of hydrogen-bond acceptors (Lipinski definition) is 5. The topological polar surface area (TPSA) is 94.0 Å². The Morgan fingerprint density at radius 2 is 1.79 bits per heavy atom. The fourth-order valence-electron chi connectivity index (χ4n) is 2.66. The summed E-state index contributed by atoms with van der Waals surface area (Å²) < 4.78 is 7.38. The molecule has 2 heterocycles. The lowest BCUT2D eigenvalue weighted by atomic mass is 10.2. The molecule has 144 valence electrons. The molecular weight excluding hydrogens is 368 g/mol. The van der Waals surface area contributed by atoms with Gasteiger partial charge in [-0.25, -0.2) is 19.4 Å². The van der Waals surface area contributed by atoms with Crippen LogP contribution in [-0.2, 0) is 0 Å². The molecule has 0 saturated carbocycles. The molecule has 0 saturated heterocycles. The van der Waals surface area contributed by atoms with Crippen LogP contribution in [0.5, 0.6) is 11.6 Å². The van der Waals surface area contributed by atoms with E-state index < -0.39 is 0 Å². The van der Waals surface area contributed by atoms with Crippen molar-refractivity contribution in [2.24, 2.45) is 0 Å². The van der Waals surface area contributed by atoms with Gasteiger partial charge in [-0.15, -0.1) is 0 Å². The third-order valence-corrected chi connectivity index (χ3v) is 3.98. The molecule has 2 aromatic heterocycles. The Morgan fingerprint density at radius 1 is 0.966 bits per heavy atom. The van der Waals surface area contributed by atoms with Gasteiger partial charge >= 0.3 is 6.03 Å². The van der Waals surface area contributed by atoms with Crippen LogP contribution in [0, 0.1) is 6.92 Å². The minimum atomic E-state index is -0.316. The van der Waals surface area contributed by atoms with E-state index in [4.69, 9.17) is 4.74 Å². The fraction of sp³-hybridized carbons (Fsp3) is 0.0476. The SMILES string of the molecule is Cc1cccc(NC(=O)Nc2ccc(Oc3cc(-n4cccn4)ncn3)cc2)c1. The predicted molar refractivity (Wildman–Crippen MR) is 109 cm³/mol. The summed E-state index contributed by atoms with van der Waals surface area (Å²) >= 11 is 0. The Bertz CT molecular complexity index is 1110. The largest absolute Gasteiger partial charge is 0.439 e. The summed E-state index contributed by atoms with van der Waals surface area (Å²) in [6, 6.07) is 17.8. The summed E-state index contributed by atoms with van der Waals surface area (Å²) in [6.07, 6.45) is 4.87. The number of ether oxygens (including phenoxy) is 1. The molecule has 0 bridgehead atoms. The molecule has 4 rings (SSSR count). The van der Waals surface area contributed by atoms with Crippen LogP contribution in [0.25, 0.3) is 5.82 Å². The zero-order chi connectivity index (χ0) is 20.1. The van der Waals surface area contributed by atoms with E-state index in [1.807, 2.05) is 37.3 Å². The van der Waals surface area contributed by atoms with Crippen LogP contribution in [0.15, 0.2) is 79.4 Å². The third kappa shape index (κ3) is 4.75. The number of carbonyl (C=O) groups excluding carboxylic acids is 1. The smallest absolute Gasteiger partial charge is 0.323 e. The molecule has 0 spiro atoms. The van der Waals surface area contributed by atoms with Gasteiger partial charge < -0.3 is 15.4 Å². The average molecular weight is 386 g/mol. The van der Waals surface area contributed by atoms with Gasteiger partial charge in [-0.05, 0) is 55.0 Å². The summed E-state index contributed by atoms with van der Waals surface area (Å²) in [5, 5.41) is 9.72. The molecule has 2 aromatic carbocycles. The van der Waals surface area contributed by atoms with Crippen LogP contribution in [0.4, 0.5) is 16.2 Å². The molecule has 8 heteroatoms. The first-order chi connectivity index (χ1) is 14.2. The first-order valence-electron chi connectivity index (χ1n) is 8.90. The van der Waals surface area contributed by atoms with E-state index in [9.17, 15) is 4.79 Å². The number of carbonyl (C=O) groups is 1. The Hall–Kier alpha value is -4.20. The van der Waals surface area contributed by atoms with Gasteiger partial charge in [0, 0.05) is 29.8 Å². The molecule has 0 unspecified atom stereocenters. The van der Waals surface area contributed by atoms with E-state index in [1.165, 1.54) is 6.33 Å². The van der Waals surface area contributed by atoms with E-state index >= 15 is 0 Å². The van der Waals surface area contributed by atoms with Gasteiger partial charge in [0.2, 0.25) is 5.88 Å². The molecular formula is C21H18N6O2. The third-order valence-electron chi connectivity index (χ3n) is 3.98. The van der Waals surface area contributed by atoms with Crippen LogP contribution in [-0.4, -0.2) is 25.8 Å². The number of benzene rings is 2. The van der Waals surface area contributed by atoms with E-state index in [0.717, 1.165) is 11.3 Å². The number of rotatable bonds is 5. The van der Waals surface area contributed by atoms with Gasteiger partial charge in [0.15, 0.2) is 5.82 Å². The highest BCUT2D eigenvalue weighted by Crippen LogP contribution is 2.22. The zero-order valence-corrected chi connectivity index (χ0v) is 15.6. The first-order valence-corrected chi connectivity index (χ1v) is 8.90. The summed E-state index contributed by atoms with van der Waals surface area (Å²) in [7, 11) is 0. The average Bonchev–Trinajstić information content (AvgIpc) is 3.25. The van der Waals surface area contributed by atoms with Crippen molar-refractivity contribution in [2.75, 3.05) is 10.6 Å². The molecule has 0 fully saturated rings. The number of hydrogen-bond donors (Lipinski definition) is 2. The van der Waals surface area contributed by atoms with Crippen LogP contribution >= 0.6 is 0 Å². The molecule has 0 aliphatic carbocycles. The molecule has 29 heavy (non-hydrogen) atoms. The zero-order valence-electron chi connectivity index (χ0n) is 15.6. The van der Waals surface area contributed by atoms with Gasteiger partial charge in [0.25, 0.3) is 0 Å². The first kappa shape index (κ1) is 18.2. The van der Waals surface area contributed by atoms with Crippen molar-refractivity contribution in [3.63, 3.8) is 0 Å². The highest BCUT2D eigenvalue weighted by Gasteiger charge is 2.06. The number of urea groups is 1. The maximum Gasteiger partial charge on any atom is 0.323 e. The number of anilines is 2. The van der Waals surface area contributed by atoms with E-state index in [0.29, 0.717) is 23.1 Å². The highest BCUT2D eigenvalue weighted by molar-refractivity contribution is 5.99. The molecule has 8 nitrogen and oxygen atoms in total. The van der Waals surface area contributed by atoms with Crippen LogP contribution in [0.2, 0.25) is 0 Å². The lowest BCUT2D eigenvalue weighted by Crippen LogP contribution is -2.19. The lowest BCUT2D eigenvalue weighted by Gasteiger charge is -2.09. The monoisotopic (exact) mass is 386 g/mol. The lowest BCUT2D eigenvalue weighted by molar-refractivity contribution is 0.262. The fourth-order valence-corrected chi connectivity index (χ4v) is 2.66. The summed E-state index contributed by atoms with van der Waals surface area (Å²) in [4.78, 5) is 20.4. The molecule has 0 atom stereocenters. The van der Waals surface area contributed by atoms with Gasteiger partial charge in [-0.1, -0.05) is 12.1 Å². The van der Waals surface area contributed by atoms with E-state index in [1.54, 1.807) is 47.4 Å². The van der Waals surface area contributed by atoms with Crippen LogP contribution in [0.1, 0.15) is 5.56 Å². The molecule has 0 aliphatic heterocycles. The molecule has 0 aliphatic rings. The van der Waals surface area contributed by atoms with Crippen molar-refractivity contribution in [3.8, 4) is 17.4 Å². The Balaban J connectivity index is 1.38. The van der Waals surface area contributed by atoms with Gasteiger partial charge in [-0.2, -0.15) is 5.10 Å². The van der Waals surface area contributed by atoms with Crippen LogP contribution < -0.4 is 15.4 Å². The minimum Gasteiger partial charge on any atom is -0.439 e. The number of nitrogens with one attached hydrogen (secondary N) is 2. The van der Waals surface area contributed by atoms with Crippen molar-refractivity contribution in [3.05, 3.63) is 84.9 Å². The van der Waals surface area contributed by atoms with Crippen molar-refractivity contribution < 1.29 is 9.53 Å².